The summed E-state index contributed by atoms with van der Waals surface area (Å²) in [5.41, 5.74) is 3.05. The first-order chi connectivity index (χ1) is 7.69. The molecule has 1 heterocycles. The maximum Gasteiger partial charge on any atom is 0.192 e. The molecular weight excluding hydrogens is 220 g/mol. The van der Waals surface area contributed by atoms with Gasteiger partial charge in [-0.05, 0) is 24.7 Å². The molecular formula is C12H16N2OS. The summed E-state index contributed by atoms with van der Waals surface area (Å²) in [6.07, 6.45) is 0. The van der Waals surface area contributed by atoms with Crippen molar-refractivity contribution >= 4 is 23.7 Å². The standard InChI is InChI=1S/C12H16N2OS/c1-9-13-11-7-10(3-4-12(11)15-9)8-14(2)5-6-16/h3-4,7,16H,5-6,8H2,1-2H3. The van der Waals surface area contributed by atoms with Crippen LogP contribution in [0.4, 0.5) is 0 Å². The van der Waals surface area contributed by atoms with Gasteiger partial charge in [0.2, 0.25) is 0 Å². The number of aryl methyl sites for hydroxylation is 1. The topological polar surface area (TPSA) is 29.3 Å². The number of benzene rings is 1. The molecule has 0 fully saturated rings. The van der Waals surface area contributed by atoms with Crippen molar-refractivity contribution in [1.82, 2.24) is 9.88 Å². The Kier molecular flexibility index (Phi) is 3.51. The molecule has 4 heteroatoms. The molecule has 2 aromatic rings. The van der Waals surface area contributed by atoms with Crippen LogP contribution in [-0.4, -0.2) is 29.2 Å². The second-order valence-corrected chi connectivity index (χ2v) is 4.44. The van der Waals surface area contributed by atoms with E-state index < -0.39 is 0 Å². The minimum Gasteiger partial charge on any atom is -0.441 e. The van der Waals surface area contributed by atoms with Crippen LogP contribution >= 0.6 is 12.6 Å². The Labute approximate surface area is 101 Å². The van der Waals surface area contributed by atoms with Gasteiger partial charge in [0.05, 0.1) is 0 Å². The van der Waals surface area contributed by atoms with Gasteiger partial charge in [-0.15, -0.1) is 0 Å². The molecule has 2 rings (SSSR count). The summed E-state index contributed by atoms with van der Waals surface area (Å²) in [6, 6.07) is 6.15. The quantitative estimate of drug-likeness (QED) is 0.827. The predicted molar refractivity (Wildman–Crippen MR) is 68.9 cm³/mol. The normalized spacial score (nSPS) is 11.5. The molecule has 0 aliphatic heterocycles. The van der Waals surface area contributed by atoms with E-state index in [1.165, 1.54) is 5.56 Å². The average molecular weight is 236 g/mol. The number of fused-ring (bicyclic) bond motifs is 1. The number of hydrogen-bond donors (Lipinski definition) is 1. The third kappa shape index (κ3) is 2.57. The number of aromatic nitrogens is 1. The highest BCUT2D eigenvalue weighted by Crippen LogP contribution is 2.17. The highest BCUT2D eigenvalue weighted by atomic mass is 32.1. The van der Waals surface area contributed by atoms with Crippen molar-refractivity contribution < 1.29 is 4.42 Å². The molecule has 0 unspecified atom stereocenters. The van der Waals surface area contributed by atoms with E-state index in [-0.39, 0.29) is 0 Å². The van der Waals surface area contributed by atoms with Crippen LogP contribution in [0.15, 0.2) is 22.6 Å². The first-order valence-electron chi connectivity index (χ1n) is 5.34. The van der Waals surface area contributed by atoms with E-state index in [2.05, 4.69) is 41.7 Å². The molecule has 0 aliphatic rings. The molecule has 0 saturated carbocycles. The smallest absolute Gasteiger partial charge is 0.192 e. The Morgan fingerprint density at radius 2 is 2.25 bits per heavy atom. The van der Waals surface area contributed by atoms with Crippen molar-refractivity contribution in [3.63, 3.8) is 0 Å². The second-order valence-electron chi connectivity index (χ2n) is 4.00. The molecule has 3 nitrogen and oxygen atoms in total. The van der Waals surface area contributed by atoms with Gasteiger partial charge in [-0.25, -0.2) is 4.98 Å². The van der Waals surface area contributed by atoms with Crippen LogP contribution in [0.3, 0.4) is 0 Å². The molecule has 0 bridgehead atoms. The zero-order chi connectivity index (χ0) is 11.5. The van der Waals surface area contributed by atoms with Gasteiger partial charge < -0.3 is 9.32 Å². The van der Waals surface area contributed by atoms with E-state index in [9.17, 15) is 0 Å². The maximum absolute atomic E-state index is 5.44. The van der Waals surface area contributed by atoms with Gasteiger partial charge in [0.25, 0.3) is 0 Å². The van der Waals surface area contributed by atoms with Gasteiger partial charge >= 0.3 is 0 Å². The molecule has 0 spiro atoms. The molecule has 0 radical (unpaired) electrons. The third-order valence-electron chi connectivity index (χ3n) is 2.49. The van der Waals surface area contributed by atoms with Crippen LogP contribution in [0.2, 0.25) is 0 Å². The summed E-state index contributed by atoms with van der Waals surface area (Å²) in [7, 11) is 2.09. The van der Waals surface area contributed by atoms with Gasteiger partial charge in [-0.2, -0.15) is 12.6 Å². The van der Waals surface area contributed by atoms with Crippen molar-refractivity contribution in [2.75, 3.05) is 19.3 Å². The molecule has 0 N–H and O–H groups in total. The fourth-order valence-corrected chi connectivity index (χ4v) is 2.09. The average Bonchev–Trinajstić information content (AvgIpc) is 2.57. The first-order valence-corrected chi connectivity index (χ1v) is 5.98. The zero-order valence-corrected chi connectivity index (χ0v) is 10.5. The fraction of sp³-hybridized carbons (Fsp3) is 0.417. The van der Waals surface area contributed by atoms with Gasteiger partial charge in [-0.1, -0.05) is 6.07 Å². The lowest BCUT2D eigenvalue weighted by Gasteiger charge is -2.14. The van der Waals surface area contributed by atoms with Crippen LogP contribution in [0.5, 0.6) is 0 Å². The van der Waals surface area contributed by atoms with Crippen LogP contribution < -0.4 is 0 Å². The van der Waals surface area contributed by atoms with E-state index in [4.69, 9.17) is 4.42 Å². The summed E-state index contributed by atoms with van der Waals surface area (Å²) >= 11 is 4.22. The fourth-order valence-electron chi connectivity index (χ4n) is 1.75. The SMILES string of the molecule is Cc1nc2cc(CN(C)CCS)ccc2o1. The van der Waals surface area contributed by atoms with E-state index in [0.717, 1.165) is 35.8 Å². The van der Waals surface area contributed by atoms with Crippen molar-refractivity contribution in [3.05, 3.63) is 29.7 Å². The Balaban J connectivity index is 2.18. The third-order valence-corrected chi connectivity index (χ3v) is 2.69. The summed E-state index contributed by atoms with van der Waals surface area (Å²) in [5, 5.41) is 0. The number of thiol groups is 1. The molecule has 1 aromatic heterocycles. The summed E-state index contributed by atoms with van der Waals surface area (Å²) in [6.45, 7) is 3.77. The van der Waals surface area contributed by atoms with E-state index >= 15 is 0 Å². The lowest BCUT2D eigenvalue weighted by molar-refractivity contribution is 0.349. The van der Waals surface area contributed by atoms with Gasteiger partial charge in [0, 0.05) is 25.8 Å². The van der Waals surface area contributed by atoms with Crippen molar-refractivity contribution in [2.45, 2.75) is 13.5 Å². The summed E-state index contributed by atoms with van der Waals surface area (Å²) in [5.74, 6) is 1.60. The Morgan fingerprint density at radius 1 is 1.44 bits per heavy atom. The van der Waals surface area contributed by atoms with Crippen LogP contribution in [-0.2, 0) is 6.54 Å². The van der Waals surface area contributed by atoms with Crippen molar-refractivity contribution in [1.29, 1.82) is 0 Å². The van der Waals surface area contributed by atoms with Crippen molar-refractivity contribution in [3.8, 4) is 0 Å². The van der Waals surface area contributed by atoms with E-state index in [0.29, 0.717) is 0 Å². The Morgan fingerprint density at radius 3 is 3.00 bits per heavy atom. The monoisotopic (exact) mass is 236 g/mol. The molecule has 1 aromatic carbocycles. The number of oxazole rings is 1. The minimum absolute atomic E-state index is 0.718. The van der Waals surface area contributed by atoms with E-state index in [1.54, 1.807) is 0 Å². The van der Waals surface area contributed by atoms with Gasteiger partial charge in [0.15, 0.2) is 11.5 Å². The Hall–Kier alpha value is -1.00. The molecule has 0 atom stereocenters. The molecule has 0 amide bonds. The van der Waals surface area contributed by atoms with Gasteiger partial charge in [0.1, 0.15) is 5.52 Å². The lowest BCUT2D eigenvalue weighted by Crippen LogP contribution is -2.19. The summed E-state index contributed by atoms with van der Waals surface area (Å²) < 4.78 is 5.44. The van der Waals surface area contributed by atoms with Crippen LogP contribution in [0.1, 0.15) is 11.5 Å². The highest BCUT2D eigenvalue weighted by Gasteiger charge is 2.04. The molecule has 0 aliphatic carbocycles. The highest BCUT2D eigenvalue weighted by molar-refractivity contribution is 7.80. The van der Waals surface area contributed by atoms with Crippen LogP contribution in [0.25, 0.3) is 11.1 Å². The van der Waals surface area contributed by atoms with Crippen LogP contribution in [0, 0.1) is 6.92 Å². The van der Waals surface area contributed by atoms with Gasteiger partial charge in [-0.3, -0.25) is 0 Å². The maximum atomic E-state index is 5.44. The number of hydrogen-bond acceptors (Lipinski definition) is 4. The lowest BCUT2D eigenvalue weighted by atomic mass is 10.2. The molecule has 0 saturated heterocycles. The predicted octanol–water partition coefficient (Wildman–Crippen LogP) is 2.50. The largest absolute Gasteiger partial charge is 0.441 e. The van der Waals surface area contributed by atoms with Crippen molar-refractivity contribution in [2.24, 2.45) is 0 Å². The molecule has 16 heavy (non-hydrogen) atoms. The molecule has 86 valence electrons. The van der Waals surface area contributed by atoms with E-state index in [1.807, 2.05) is 13.0 Å². The number of rotatable bonds is 4. The first kappa shape index (κ1) is 11.5. The Bertz CT molecular complexity index is 481. The zero-order valence-electron chi connectivity index (χ0n) is 9.60. The minimum atomic E-state index is 0.718. The second kappa shape index (κ2) is 4.89. The summed E-state index contributed by atoms with van der Waals surface area (Å²) in [4.78, 5) is 6.56. The number of nitrogens with zero attached hydrogens (tertiary/aromatic N) is 2.